The lowest BCUT2D eigenvalue weighted by Gasteiger charge is -2.08. The van der Waals surface area contributed by atoms with Gasteiger partial charge in [0, 0.05) is 11.8 Å². The highest BCUT2D eigenvalue weighted by Gasteiger charge is 2.16. The van der Waals surface area contributed by atoms with Crippen molar-refractivity contribution in [3.8, 4) is 5.75 Å². The molecule has 3 N–H and O–H groups in total. The standard InChI is InChI=1S/C10H14N2O4S/c1-3-17(14,15)12-10(13)8-5-4-7(16-2)6-9(8)11/h4-6H,3,11H2,1-2H3,(H,12,13). The first-order valence-corrected chi connectivity index (χ1v) is 6.53. The molecule has 94 valence electrons. The maximum absolute atomic E-state index is 11.6. The molecule has 17 heavy (non-hydrogen) atoms. The van der Waals surface area contributed by atoms with Crippen molar-refractivity contribution < 1.29 is 17.9 Å². The van der Waals surface area contributed by atoms with E-state index in [1.807, 2.05) is 4.72 Å². The summed E-state index contributed by atoms with van der Waals surface area (Å²) < 4.78 is 29.3. The van der Waals surface area contributed by atoms with Crippen LogP contribution in [-0.2, 0) is 10.0 Å². The van der Waals surface area contributed by atoms with Crippen molar-refractivity contribution in [2.75, 3.05) is 18.6 Å². The zero-order valence-corrected chi connectivity index (χ0v) is 10.4. The van der Waals surface area contributed by atoms with Crippen LogP contribution in [0.15, 0.2) is 18.2 Å². The lowest BCUT2D eigenvalue weighted by molar-refractivity contribution is 0.0982. The first kappa shape index (κ1) is 13.3. The summed E-state index contributed by atoms with van der Waals surface area (Å²) in [4.78, 5) is 11.6. The SMILES string of the molecule is CCS(=O)(=O)NC(=O)c1ccc(OC)cc1N. The molecule has 0 aliphatic rings. The lowest BCUT2D eigenvalue weighted by Crippen LogP contribution is -2.32. The third-order valence-corrected chi connectivity index (χ3v) is 3.39. The average Bonchev–Trinajstić information content (AvgIpc) is 2.28. The van der Waals surface area contributed by atoms with E-state index in [-0.39, 0.29) is 17.0 Å². The molecule has 1 aromatic rings. The van der Waals surface area contributed by atoms with Gasteiger partial charge in [-0.1, -0.05) is 0 Å². The third-order valence-electron chi connectivity index (χ3n) is 2.13. The van der Waals surface area contributed by atoms with Gasteiger partial charge in [-0.15, -0.1) is 0 Å². The number of methoxy groups -OCH3 is 1. The molecule has 0 atom stereocenters. The van der Waals surface area contributed by atoms with Gasteiger partial charge < -0.3 is 10.5 Å². The van der Waals surface area contributed by atoms with Crippen LogP contribution in [0.5, 0.6) is 5.75 Å². The van der Waals surface area contributed by atoms with Crippen molar-refractivity contribution in [1.82, 2.24) is 4.72 Å². The fraction of sp³-hybridized carbons (Fsp3) is 0.300. The minimum atomic E-state index is -3.59. The Labute approximate surface area is 99.8 Å². The second-order valence-corrected chi connectivity index (χ2v) is 5.30. The fourth-order valence-electron chi connectivity index (χ4n) is 1.14. The zero-order valence-electron chi connectivity index (χ0n) is 9.56. The molecule has 0 aliphatic carbocycles. The number of carbonyl (C=O) groups is 1. The molecule has 0 radical (unpaired) electrons. The number of ether oxygens (including phenoxy) is 1. The van der Waals surface area contributed by atoms with Crippen LogP contribution < -0.4 is 15.2 Å². The van der Waals surface area contributed by atoms with Crippen LogP contribution in [0.2, 0.25) is 0 Å². The summed E-state index contributed by atoms with van der Waals surface area (Å²) in [6.07, 6.45) is 0. The highest BCUT2D eigenvalue weighted by atomic mass is 32.2. The number of carbonyl (C=O) groups excluding carboxylic acids is 1. The van der Waals surface area contributed by atoms with Crippen LogP contribution in [0.1, 0.15) is 17.3 Å². The molecule has 0 aliphatic heterocycles. The highest BCUT2D eigenvalue weighted by Crippen LogP contribution is 2.19. The van der Waals surface area contributed by atoms with Gasteiger partial charge in [0.25, 0.3) is 5.91 Å². The molecule has 6 nitrogen and oxygen atoms in total. The number of rotatable bonds is 4. The van der Waals surface area contributed by atoms with Gasteiger partial charge in [0.15, 0.2) is 0 Å². The Morgan fingerprint density at radius 3 is 2.59 bits per heavy atom. The normalized spacial score (nSPS) is 10.9. The van der Waals surface area contributed by atoms with Gasteiger partial charge in [0.05, 0.1) is 18.4 Å². The Kier molecular flexibility index (Phi) is 3.95. The summed E-state index contributed by atoms with van der Waals surface area (Å²) in [5.41, 5.74) is 5.88. The highest BCUT2D eigenvalue weighted by molar-refractivity contribution is 7.90. The second-order valence-electron chi connectivity index (χ2n) is 3.29. The van der Waals surface area contributed by atoms with Crippen LogP contribution in [-0.4, -0.2) is 27.2 Å². The average molecular weight is 258 g/mol. The minimum Gasteiger partial charge on any atom is -0.497 e. The number of amides is 1. The summed E-state index contributed by atoms with van der Waals surface area (Å²) >= 11 is 0. The van der Waals surface area contributed by atoms with Crippen LogP contribution >= 0.6 is 0 Å². The number of nitrogens with one attached hydrogen (secondary N) is 1. The number of anilines is 1. The molecule has 0 unspecified atom stereocenters. The van der Waals surface area contributed by atoms with Gasteiger partial charge in [0.2, 0.25) is 10.0 Å². The van der Waals surface area contributed by atoms with Gasteiger partial charge >= 0.3 is 0 Å². The van der Waals surface area contributed by atoms with E-state index in [0.29, 0.717) is 5.75 Å². The molecule has 7 heteroatoms. The van der Waals surface area contributed by atoms with Crippen LogP contribution in [0.25, 0.3) is 0 Å². The smallest absolute Gasteiger partial charge is 0.266 e. The molecule has 0 saturated carbocycles. The first-order chi connectivity index (χ1) is 7.89. The minimum absolute atomic E-state index is 0.0998. The van der Waals surface area contributed by atoms with E-state index in [9.17, 15) is 13.2 Å². The largest absolute Gasteiger partial charge is 0.497 e. The third kappa shape index (κ3) is 3.35. The molecule has 0 fully saturated rings. The maximum Gasteiger partial charge on any atom is 0.266 e. The van der Waals surface area contributed by atoms with Gasteiger partial charge in [-0.05, 0) is 19.1 Å². The summed E-state index contributed by atoms with van der Waals surface area (Å²) in [6, 6.07) is 4.39. The first-order valence-electron chi connectivity index (χ1n) is 4.88. The molecule has 0 spiro atoms. The maximum atomic E-state index is 11.6. The van der Waals surface area contributed by atoms with Gasteiger partial charge in [0.1, 0.15) is 5.75 Å². The summed E-state index contributed by atoms with van der Waals surface area (Å²) in [5, 5.41) is 0. The molecule has 0 heterocycles. The van der Waals surface area contributed by atoms with Crippen molar-refractivity contribution in [3.63, 3.8) is 0 Å². The van der Waals surface area contributed by atoms with Crippen LogP contribution in [0, 0.1) is 0 Å². The molecule has 0 saturated heterocycles. The number of hydrogen-bond donors (Lipinski definition) is 2. The summed E-state index contributed by atoms with van der Waals surface area (Å²) in [5.74, 6) is -0.418. The van der Waals surface area contributed by atoms with E-state index in [1.165, 1.54) is 32.2 Å². The van der Waals surface area contributed by atoms with Crippen LogP contribution in [0.3, 0.4) is 0 Å². The Morgan fingerprint density at radius 2 is 2.12 bits per heavy atom. The van der Waals surface area contributed by atoms with E-state index in [0.717, 1.165) is 0 Å². The quantitative estimate of drug-likeness (QED) is 0.760. The van der Waals surface area contributed by atoms with Gasteiger partial charge in [-0.25, -0.2) is 13.1 Å². The zero-order chi connectivity index (χ0) is 13.1. The molecule has 1 aromatic carbocycles. The Bertz CT molecular complexity index is 525. The van der Waals surface area contributed by atoms with Crippen molar-refractivity contribution in [2.45, 2.75) is 6.92 Å². The summed E-state index contributed by atoms with van der Waals surface area (Å²) in [7, 11) is -2.12. The van der Waals surface area contributed by atoms with Crippen molar-refractivity contribution in [1.29, 1.82) is 0 Å². The Balaban J connectivity index is 2.98. The molecule has 0 bridgehead atoms. The van der Waals surface area contributed by atoms with Gasteiger partial charge in [-0.2, -0.15) is 0 Å². The predicted molar refractivity (Wildman–Crippen MR) is 64.3 cm³/mol. The predicted octanol–water partition coefficient (Wildman–Crippen LogP) is 0.357. The van der Waals surface area contributed by atoms with Crippen molar-refractivity contribution >= 4 is 21.6 Å². The van der Waals surface area contributed by atoms with Gasteiger partial charge in [-0.3, -0.25) is 4.79 Å². The van der Waals surface area contributed by atoms with E-state index < -0.39 is 15.9 Å². The van der Waals surface area contributed by atoms with E-state index in [4.69, 9.17) is 10.5 Å². The number of hydrogen-bond acceptors (Lipinski definition) is 5. The summed E-state index contributed by atoms with van der Waals surface area (Å²) in [6.45, 7) is 1.44. The molecule has 1 amide bonds. The monoisotopic (exact) mass is 258 g/mol. The molecular weight excluding hydrogens is 244 g/mol. The van der Waals surface area contributed by atoms with Crippen molar-refractivity contribution in [3.05, 3.63) is 23.8 Å². The van der Waals surface area contributed by atoms with E-state index in [2.05, 4.69) is 0 Å². The number of sulfonamides is 1. The topological polar surface area (TPSA) is 98.5 Å². The Morgan fingerprint density at radius 1 is 1.47 bits per heavy atom. The second kappa shape index (κ2) is 5.05. The van der Waals surface area contributed by atoms with Crippen LogP contribution in [0.4, 0.5) is 5.69 Å². The molecule has 1 rings (SSSR count). The number of nitrogen functional groups attached to an aromatic ring is 1. The van der Waals surface area contributed by atoms with Crippen molar-refractivity contribution in [2.24, 2.45) is 0 Å². The molecule has 0 aromatic heterocycles. The fourth-order valence-corrected chi connectivity index (χ4v) is 1.68. The number of benzene rings is 1. The molecular formula is C10H14N2O4S. The van der Waals surface area contributed by atoms with E-state index >= 15 is 0 Å². The number of nitrogens with two attached hydrogens (primary N) is 1. The lowest BCUT2D eigenvalue weighted by atomic mass is 10.1. The van der Waals surface area contributed by atoms with E-state index in [1.54, 1.807) is 0 Å². The Hall–Kier alpha value is -1.76.